The van der Waals surface area contributed by atoms with Crippen molar-refractivity contribution in [1.82, 2.24) is 5.32 Å². The lowest BCUT2D eigenvalue weighted by molar-refractivity contribution is 0.354. The molecule has 2 aromatic rings. The zero-order valence-corrected chi connectivity index (χ0v) is 14.4. The van der Waals surface area contributed by atoms with Crippen LogP contribution in [0, 0.1) is 13.8 Å². The molecule has 0 fully saturated rings. The molecule has 0 saturated carbocycles. The van der Waals surface area contributed by atoms with E-state index in [0.29, 0.717) is 23.1 Å². The summed E-state index contributed by atoms with van der Waals surface area (Å²) < 4.78 is 16.1. The minimum Gasteiger partial charge on any atom is -0.493 e. The fraction of sp³-hybridized carbons (Fsp3) is 0.412. The lowest BCUT2D eigenvalue weighted by atomic mass is 10.1. The molecule has 1 aromatic carbocycles. The average Bonchev–Trinajstić information content (AvgIpc) is 2.82. The molecule has 2 rings (SSSR count). The topological polar surface area (TPSA) is 43.6 Å². The van der Waals surface area contributed by atoms with E-state index >= 15 is 0 Å². The molecule has 0 bridgehead atoms. The Morgan fingerprint density at radius 3 is 2.45 bits per heavy atom. The number of methoxy groups -OCH3 is 2. The van der Waals surface area contributed by atoms with Crippen LogP contribution in [0.4, 0.5) is 0 Å². The maximum Gasteiger partial charge on any atom is 0.179 e. The molecule has 1 unspecified atom stereocenters. The Kier molecular flexibility index (Phi) is 5.37. The lowest BCUT2D eigenvalue weighted by Crippen LogP contribution is -2.18. The Hall–Kier alpha value is -1.65. The van der Waals surface area contributed by atoms with Gasteiger partial charge in [-0.3, -0.25) is 0 Å². The van der Waals surface area contributed by atoms with E-state index in [1.165, 1.54) is 5.56 Å². The number of hydrogen-bond donors (Lipinski definition) is 1. The summed E-state index contributed by atoms with van der Waals surface area (Å²) in [7, 11) is 3.18. The second-order valence-electron chi connectivity index (χ2n) is 5.28. The molecule has 0 aliphatic heterocycles. The summed E-state index contributed by atoms with van der Waals surface area (Å²) in [5.74, 6) is 3.07. The maximum absolute atomic E-state index is 6.23. The number of aryl methyl sites for hydroxylation is 2. The molecule has 0 aliphatic rings. The molecule has 120 valence electrons. The van der Waals surface area contributed by atoms with Crippen LogP contribution in [0.3, 0.4) is 0 Å². The third kappa shape index (κ3) is 3.57. The van der Waals surface area contributed by atoms with Crippen LogP contribution in [-0.4, -0.2) is 14.2 Å². The first kappa shape index (κ1) is 16.7. The van der Waals surface area contributed by atoms with Crippen LogP contribution in [0.15, 0.2) is 22.6 Å². The molecule has 4 nitrogen and oxygen atoms in total. The molecule has 0 saturated heterocycles. The third-order valence-electron chi connectivity index (χ3n) is 3.65. The maximum atomic E-state index is 6.23. The van der Waals surface area contributed by atoms with E-state index in [4.69, 9.17) is 25.5 Å². The predicted octanol–water partition coefficient (Wildman–Crippen LogP) is 4.42. The van der Waals surface area contributed by atoms with Crippen molar-refractivity contribution in [3.05, 3.63) is 45.9 Å². The van der Waals surface area contributed by atoms with Crippen molar-refractivity contribution in [1.29, 1.82) is 0 Å². The number of halogens is 1. The van der Waals surface area contributed by atoms with Crippen LogP contribution in [0.25, 0.3) is 0 Å². The van der Waals surface area contributed by atoms with E-state index in [9.17, 15) is 0 Å². The largest absolute Gasteiger partial charge is 0.493 e. The molecule has 0 aliphatic carbocycles. The minimum atomic E-state index is 0.185. The number of rotatable bonds is 6. The standard InChI is InChI=1S/C17H22ClNO3/c1-10-6-14(12(3)22-10)11(2)19-9-13-7-15(18)17(21-5)16(8-13)20-4/h6-8,11,19H,9H2,1-5H3. The predicted molar refractivity (Wildman–Crippen MR) is 88.0 cm³/mol. The highest BCUT2D eigenvalue weighted by atomic mass is 35.5. The highest BCUT2D eigenvalue weighted by Gasteiger charge is 2.14. The smallest absolute Gasteiger partial charge is 0.179 e. The van der Waals surface area contributed by atoms with Gasteiger partial charge in [0.2, 0.25) is 0 Å². The van der Waals surface area contributed by atoms with E-state index in [2.05, 4.69) is 18.3 Å². The van der Waals surface area contributed by atoms with E-state index in [-0.39, 0.29) is 6.04 Å². The lowest BCUT2D eigenvalue weighted by Gasteiger charge is -2.15. The van der Waals surface area contributed by atoms with Gasteiger partial charge in [0, 0.05) is 18.2 Å². The number of ether oxygens (including phenoxy) is 2. The average molecular weight is 324 g/mol. The first-order valence-electron chi connectivity index (χ1n) is 7.17. The molecular weight excluding hydrogens is 302 g/mol. The van der Waals surface area contributed by atoms with Gasteiger partial charge in [-0.1, -0.05) is 11.6 Å². The van der Waals surface area contributed by atoms with Crippen molar-refractivity contribution in [2.75, 3.05) is 14.2 Å². The summed E-state index contributed by atoms with van der Waals surface area (Å²) in [6, 6.07) is 6.06. The van der Waals surface area contributed by atoms with Crippen molar-refractivity contribution in [3.8, 4) is 11.5 Å². The molecule has 22 heavy (non-hydrogen) atoms. The molecule has 5 heteroatoms. The fourth-order valence-electron chi connectivity index (χ4n) is 2.53. The van der Waals surface area contributed by atoms with Crippen molar-refractivity contribution in [2.45, 2.75) is 33.4 Å². The van der Waals surface area contributed by atoms with E-state index in [1.807, 2.05) is 26.0 Å². The fourth-order valence-corrected chi connectivity index (χ4v) is 2.85. The number of hydrogen-bond acceptors (Lipinski definition) is 4. The molecule has 0 spiro atoms. The van der Waals surface area contributed by atoms with Gasteiger partial charge in [-0.15, -0.1) is 0 Å². The highest BCUT2D eigenvalue weighted by molar-refractivity contribution is 6.32. The monoisotopic (exact) mass is 323 g/mol. The zero-order chi connectivity index (χ0) is 16.3. The van der Waals surface area contributed by atoms with Gasteiger partial charge in [0.25, 0.3) is 0 Å². The normalized spacial score (nSPS) is 12.3. The van der Waals surface area contributed by atoms with E-state index < -0.39 is 0 Å². The van der Waals surface area contributed by atoms with Crippen molar-refractivity contribution < 1.29 is 13.9 Å². The molecular formula is C17H22ClNO3. The Morgan fingerprint density at radius 1 is 1.18 bits per heavy atom. The highest BCUT2D eigenvalue weighted by Crippen LogP contribution is 2.36. The SMILES string of the molecule is COc1cc(CNC(C)c2cc(C)oc2C)cc(Cl)c1OC. The molecule has 1 atom stereocenters. The van der Waals surface area contributed by atoms with Gasteiger partial charge in [-0.25, -0.2) is 0 Å². The van der Waals surface area contributed by atoms with Crippen LogP contribution in [-0.2, 0) is 6.54 Å². The zero-order valence-electron chi connectivity index (χ0n) is 13.6. The van der Waals surface area contributed by atoms with Crippen LogP contribution in [0.5, 0.6) is 11.5 Å². The summed E-state index contributed by atoms with van der Waals surface area (Å²) in [6.07, 6.45) is 0. The number of nitrogens with one attached hydrogen (secondary N) is 1. The van der Waals surface area contributed by atoms with Crippen LogP contribution in [0.1, 0.15) is 35.6 Å². The van der Waals surface area contributed by atoms with Crippen LogP contribution < -0.4 is 14.8 Å². The number of furan rings is 1. The minimum absolute atomic E-state index is 0.185. The number of benzene rings is 1. The van der Waals surface area contributed by atoms with Gasteiger partial charge in [0.1, 0.15) is 11.5 Å². The second kappa shape index (κ2) is 7.07. The summed E-state index contributed by atoms with van der Waals surface area (Å²) in [4.78, 5) is 0. The third-order valence-corrected chi connectivity index (χ3v) is 3.93. The molecule has 1 heterocycles. The summed E-state index contributed by atoms with van der Waals surface area (Å²) in [5.41, 5.74) is 2.21. The van der Waals surface area contributed by atoms with Gasteiger partial charge in [-0.05, 0) is 44.5 Å². The van der Waals surface area contributed by atoms with Crippen molar-refractivity contribution in [2.24, 2.45) is 0 Å². The van der Waals surface area contributed by atoms with Gasteiger partial charge < -0.3 is 19.2 Å². The van der Waals surface area contributed by atoms with Gasteiger partial charge >= 0.3 is 0 Å². The second-order valence-corrected chi connectivity index (χ2v) is 5.69. The molecule has 1 N–H and O–H groups in total. The molecule has 0 radical (unpaired) electrons. The van der Waals surface area contributed by atoms with E-state index in [0.717, 1.165) is 17.1 Å². The first-order chi connectivity index (χ1) is 10.5. The van der Waals surface area contributed by atoms with Gasteiger partial charge in [-0.2, -0.15) is 0 Å². The summed E-state index contributed by atoms with van der Waals surface area (Å²) >= 11 is 6.23. The molecule has 1 aromatic heterocycles. The van der Waals surface area contributed by atoms with Crippen molar-refractivity contribution in [3.63, 3.8) is 0 Å². The first-order valence-corrected chi connectivity index (χ1v) is 7.54. The Morgan fingerprint density at radius 2 is 1.91 bits per heavy atom. The molecule has 0 amide bonds. The van der Waals surface area contributed by atoms with Crippen LogP contribution >= 0.6 is 11.6 Å². The van der Waals surface area contributed by atoms with Crippen LogP contribution in [0.2, 0.25) is 5.02 Å². The summed E-state index contributed by atoms with van der Waals surface area (Å²) in [5, 5.41) is 4.01. The Labute approximate surface area is 136 Å². The van der Waals surface area contributed by atoms with E-state index in [1.54, 1.807) is 14.2 Å². The summed E-state index contributed by atoms with van der Waals surface area (Å²) in [6.45, 7) is 6.72. The quantitative estimate of drug-likeness (QED) is 0.854. The Bertz CT molecular complexity index is 652. The van der Waals surface area contributed by atoms with Gasteiger partial charge in [0.15, 0.2) is 11.5 Å². The van der Waals surface area contributed by atoms with Gasteiger partial charge in [0.05, 0.1) is 19.2 Å². The van der Waals surface area contributed by atoms with Crippen molar-refractivity contribution >= 4 is 11.6 Å². The Balaban J connectivity index is 2.11.